The maximum Gasteiger partial charge on any atom is 0.0543 e. The van der Waals surface area contributed by atoms with Gasteiger partial charge in [0.15, 0.2) is 0 Å². The zero-order valence-electron chi connectivity index (χ0n) is 8.01. The molecule has 0 saturated heterocycles. The van der Waals surface area contributed by atoms with Crippen LogP contribution in [0.3, 0.4) is 0 Å². The highest BCUT2D eigenvalue weighted by atomic mass is 14.9. The lowest BCUT2D eigenvalue weighted by atomic mass is 10.1. The van der Waals surface area contributed by atoms with Gasteiger partial charge >= 0.3 is 0 Å². The topological polar surface area (TPSA) is 27.8 Å². The van der Waals surface area contributed by atoms with Gasteiger partial charge in [0.25, 0.3) is 0 Å². The molecule has 2 aromatic rings. The number of benzene rings is 1. The van der Waals surface area contributed by atoms with E-state index >= 15 is 0 Å². The van der Waals surface area contributed by atoms with Crippen LogP contribution in [0.1, 0.15) is 17.7 Å². The quantitative estimate of drug-likeness (QED) is 0.647. The van der Waals surface area contributed by atoms with E-state index in [9.17, 15) is 0 Å². The van der Waals surface area contributed by atoms with Crippen LogP contribution < -0.4 is 5.32 Å². The molecule has 1 radical (unpaired) electrons. The van der Waals surface area contributed by atoms with E-state index in [2.05, 4.69) is 41.1 Å². The second-order valence-electron chi connectivity index (χ2n) is 3.76. The summed E-state index contributed by atoms with van der Waals surface area (Å²) in [5, 5.41) is 4.67. The first-order chi connectivity index (χ1) is 6.95. The van der Waals surface area contributed by atoms with Crippen LogP contribution in [0.5, 0.6) is 0 Å². The average molecular weight is 185 g/mol. The molecule has 2 heterocycles. The van der Waals surface area contributed by atoms with Crippen molar-refractivity contribution < 1.29 is 0 Å². The smallest absolute Gasteiger partial charge is 0.0543 e. The minimum absolute atomic E-state index is 1.08. The van der Waals surface area contributed by atoms with E-state index in [0.717, 1.165) is 13.0 Å². The van der Waals surface area contributed by atoms with Gasteiger partial charge < -0.3 is 10.3 Å². The molecule has 1 aliphatic rings. The Labute approximate surface area is 83.3 Å². The normalized spacial score (nSPS) is 16.6. The molecule has 1 aromatic carbocycles. The number of H-pyrrole nitrogens is 1. The van der Waals surface area contributed by atoms with Crippen LogP contribution in [0.2, 0.25) is 0 Å². The summed E-state index contributed by atoms with van der Waals surface area (Å²) < 4.78 is 0. The van der Waals surface area contributed by atoms with Crippen LogP contribution in [0.15, 0.2) is 24.3 Å². The number of hydrogen-bond acceptors (Lipinski definition) is 1. The Bertz CT molecular complexity index is 456. The molecule has 0 saturated carbocycles. The summed E-state index contributed by atoms with van der Waals surface area (Å²) in [5.74, 6) is 0. The van der Waals surface area contributed by atoms with E-state index in [1.807, 2.05) is 0 Å². The van der Waals surface area contributed by atoms with Gasteiger partial charge in [-0.1, -0.05) is 18.2 Å². The van der Waals surface area contributed by atoms with Crippen molar-refractivity contribution in [3.63, 3.8) is 0 Å². The maximum atomic E-state index is 3.48. The van der Waals surface area contributed by atoms with Crippen LogP contribution in [0, 0.1) is 6.54 Å². The molecule has 0 unspecified atom stereocenters. The zero-order chi connectivity index (χ0) is 9.38. The van der Waals surface area contributed by atoms with Crippen molar-refractivity contribution in [2.75, 3.05) is 6.54 Å². The number of aryl methyl sites for hydroxylation is 1. The fourth-order valence-electron chi connectivity index (χ4n) is 2.12. The largest absolute Gasteiger partial charge is 0.358 e. The summed E-state index contributed by atoms with van der Waals surface area (Å²) in [6.07, 6.45) is 2.35. The molecule has 0 aliphatic carbocycles. The van der Waals surface area contributed by atoms with Gasteiger partial charge in [0.2, 0.25) is 0 Å². The summed E-state index contributed by atoms with van der Waals surface area (Å²) >= 11 is 0. The molecule has 0 spiro atoms. The number of nitrogens with one attached hydrogen (secondary N) is 2. The van der Waals surface area contributed by atoms with Gasteiger partial charge in [-0.25, -0.2) is 0 Å². The molecular weight excluding hydrogens is 172 g/mol. The molecule has 14 heavy (non-hydrogen) atoms. The summed E-state index contributed by atoms with van der Waals surface area (Å²) in [7, 11) is 0. The number of rotatable bonds is 0. The fraction of sp³-hybridized carbons (Fsp3) is 0.250. The van der Waals surface area contributed by atoms with Gasteiger partial charge in [-0.15, -0.1) is 0 Å². The van der Waals surface area contributed by atoms with Crippen LogP contribution in [0.4, 0.5) is 0 Å². The van der Waals surface area contributed by atoms with Crippen molar-refractivity contribution in [1.29, 1.82) is 0 Å². The molecule has 2 heteroatoms. The van der Waals surface area contributed by atoms with Gasteiger partial charge in [-0.05, 0) is 31.0 Å². The predicted octanol–water partition coefficient (Wildman–Crippen LogP) is 2.21. The van der Waals surface area contributed by atoms with Crippen molar-refractivity contribution in [3.05, 3.63) is 42.1 Å². The fourth-order valence-corrected chi connectivity index (χ4v) is 2.12. The highest BCUT2D eigenvalue weighted by Gasteiger charge is 2.12. The Balaban J connectivity index is 2.24. The third kappa shape index (κ3) is 1.15. The van der Waals surface area contributed by atoms with Crippen LogP contribution in [0.25, 0.3) is 10.9 Å². The molecule has 71 valence electrons. The Morgan fingerprint density at radius 2 is 2.07 bits per heavy atom. The van der Waals surface area contributed by atoms with E-state index in [-0.39, 0.29) is 0 Å². The summed E-state index contributed by atoms with van der Waals surface area (Å²) in [5.41, 5.74) is 3.96. The third-order valence-electron chi connectivity index (χ3n) is 2.82. The molecule has 0 bridgehead atoms. The highest BCUT2D eigenvalue weighted by molar-refractivity contribution is 5.85. The van der Waals surface area contributed by atoms with Crippen LogP contribution in [-0.4, -0.2) is 11.5 Å². The van der Waals surface area contributed by atoms with E-state index in [1.54, 1.807) is 0 Å². The van der Waals surface area contributed by atoms with Gasteiger partial charge in [-0.3, -0.25) is 0 Å². The number of aromatic amines is 1. The second kappa shape index (κ2) is 3.14. The van der Waals surface area contributed by atoms with E-state index in [1.165, 1.54) is 28.6 Å². The Morgan fingerprint density at radius 1 is 1.14 bits per heavy atom. The van der Waals surface area contributed by atoms with E-state index in [0.29, 0.717) is 0 Å². The zero-order valence-corrected chi connectivity index (χ0v) is 8.01. The third-order valence-corrected chi connectivity index (χ3v) is 2.82. The van der Waals surface area contributed by atoms with Crippen LogP contribution in [-0.2, 0) is 6.42 Å². The minimum Gasteiger partial charge on any atom is -0.358 e. The standard InChI is InChI=1S/C12H13N2/c1-2-5-11-9(4-1)10-8-13-7-3-6-12(10)14-11/h1-2,4-5,8,13-14H,3,6-7H2. The first kappa shape index (κ1) is 8.06. The highest BCUT2D eigenvalue weighted by Crippen LogP contribution is 2.25. The SMILES string of the molecule is [CH]1NCCCc2[nH]c3ccccc3c21. The minimum atomic E-state index is 1.08. The molecule has 0 amide bonds. The molecule has 0 fully saturated rings. The van der Waals surface area contributed by atoms with Gasteiger partial charge in [0.05, 0.1) is 6.54 Å². The Morgan fingerprint density at radius 3 is 3.07 bits per heavy atom. The summed E-state index contributed by atoms with van der Waals surface area (Å²) in [6, 6.07) is 8.48. The lowest BCUT2D eigenvalue weighted by Crippen LogP contribution is -2.09. The molecule has 2 N–H and O–H groups in total. The Kier molecular flexibility index (Phi) is 1.81. The molecule has 1 aromatic heterocycles. The second-order valence-corrected chi connectivity index (χ2v) is 3.76. The number of hydrogen-bond donors (Lipinski definition) is 2. The predicted molar refractivity (Wildman–Crippen MR) is 58.0 cm³/mol. The monoisotopic (exact) mass is 185 g/mol. The maximum absolute atomic E-state index is 3.48. The molecule has 0 atom stereocenters. The lowest BCUT2D eigenvalue weighted by molar-refractivity contribution is 0.749. The van der Waals surface area contributed by atoms with Crippen molar-refractivity contribution in [2.24, 2.45) is 0 Å². The van der Waals surface area contributed by atoms with Crippen molar-refractivity contribution in [3.8, 4) is 0 Å². The van der Waals surface area contributed by atoms with Gasteiger partial charge in [0, 0.05) is 16.6 Å². The lowest BCUT2D eigenvalue weighted by Gasteiger charge is -1.97. The number of aromatic nitrogens is 1. The van der Waals surface area contributed by atoms with Gasteiger partial charge in [-0.2, -0.15) is 0 Å². The Hall–Kier alpha value is -1.28. The van der Waals surface area contributed by atoms with Crippen molar-refractivity contribution >= 4 is 10.9 Å². The summed E-state index contributed by atoms with van der Waals surface area (Å²) in [4.78, 5) is 3.48. The molecule has 3 rings (SSSR count). The first-order valence-corrected chi connectivity index (χ1v) is 5.11. The van der Waals surface area contributed by atoms with E-state index < -0.39 is 0 Å². The van der Waals surface area contributed by atoms with E-state index in [4.69, 9.17) is 0 Å². The van der Waals surface area contributed by atoms with Gasteiger partial charge in [0.1, 0.15) is 0 Å². The number of para-hydroxylation sites is 1. The van der Waals surface area contributed by atoms with Crippen molar-refractivity contribution in [2.45, 2.75) is 12.8 Å². The summed E-state index contributed by atoms with van der Waals surface area (Å²) in [6.45, 7) is 3.22. The number of fused-ring (bicyclic) bond motifs is 3. The van der Waals surface area contributed by atoms with Crippen LogP contribution >= 0.6 is 0 Å². The molecule has 2 nitrogen and oxygen atoms in total. The molecular formula is C12H13N2. The van der Waals surface area contributed by atoms with Crippen molar-refractivity contribution in [1.82, 2.24) is 10.3 Å². The molecule has 1 aliphatic heterocycles. The first-order valence-electron chi connectivity index (χ1n) is 5.11. The average Bonchev–Trinajstić information content (AvgIpc) is 2.42.